The van der Waals surface area contributed by atoms with E-state index in [2.05, 4.69) is 0 Å². The van der Waals surface area contributed by atoms with Gasteiger partial charge in [-0.3, -0.25) is 4.90 Å². The van der Waals surface area contributed by atoms with Gasteiger partial charge in [-0.2, -0.15) is 0 Å². The molecule has 0 radical (unpaired) electrons. The molecule has 1 fully saturated rings. The van der Waals surface area contributed by atoms with E-state index < -0.39 is 12.2 Å². The minimum absolute atomic E-state index is 0.0317. The second-order valence-corrected chi connectivity index (χ2v) is 5.24. The molecule has 3 atom stereocenters. The molecule has 0 aromatic heterocycles. The van der Waals surface area contributed by atoms with Crippen LogP contribution < -0.4 is 0 Å². The predicted molar refractivity (Wildman–Crippen MR) is 75.2 cm³/mol. The molecule has 112 valence electrons. The predicted octanol–water partition coefficient (Wildman–Crippen LogP) is -0.00840. The summed E-state index contributed by atoms with van der Waals surface area (Å²) in [5.41, 5.74) is 1.11. The van der Waals surface area contributed by atoms with Crippen molar-refractivity contribution in [1.29, 1.82) is 0 Å². The summed E-state index contributed by atoms with van der Waals surface area (Å²) >= 11 is 0. The molecule has 0 saturated carbocycles. The highest BCUT2D eigenvalue weighted by Crippen LogP contribution is 2.18. The van der Waals surface area contributed by atoms with Gasteiger partial charge in [0.25, 0.3) is 0 Å². The number of ether oxygens (including phenoxy) is 1. The van der Waals surface area contributed by atoms with Crippen LogP contribution in [-0.4, -0.2) is 64.8 Å². The molecular formula is C15H23NO4. The van der Waals surface area contributed by atoms with Crippen LogP contribution in [0.4, 0.5) is 0 Å². The SMILES string of the molecule is OCCN1CC(O)C(O)CC1COCc1ccccc1. The summed E-state index contributed by atoms with van der Waals surface area (Å²) in [5, 5.41) is 28.5. The van der Waals surface area contributed by atoms with Crippen molar-refractivity contribution in [2.75, 3.05) is 26.3 Å². The van der Waals surface area contributed by atoms with Crippen LogP contribution in [0.5, 0.6) is 0 Å². The van der Waals surface area contributed by atoms with E-state index in [1.54, 1.807) is 0 Å². The number of aliphatic hydroxyl groups is 3. The van der Waals surface area contributed by atoms with Gasteiger partial charge in [0.05, 0.1) is 32.0 Å². The quantitative estimate of drug-likeness (QED) is 0.684. The zero-order valence-corrected chi connectivity index (χ0v) is 11.6. The van der Waals surface area contributed by atoms with Gasteiger partial charge in [-0.15, -0.1) is 0 Å². The largest absolute Gasteiger partial charge is 0.395 e. The molecule has 0 spiro atoms. The van der Waals surface area contributed by atoms with Gasteiger partial charge in [-0.25, -0.2) is 0 Å². The molecule has 20 heavy (non-hydrogen) atoms. The number of hydrogen-bond donors (Lipinski definition) is 3. The van der Waals surface area contributed by atoms with Crippen LogP contribution in [0.25, 0.3) is 0 Å². The minimum atomic E-state index is -0.744. The van der Waals surface area contributed by atoms with Crippen LogP contribution in [0.15, 0.2) is 30.3 Å². The van der Waals surface area contributed by atoms with E-state index in [9.17, 15) is 10.2 Å². The van der Waals surface area contributed by atoms with Gasteiger partial charge < -0.3 is 20.1 Å². The molecule has 0 bridgehead atoms. The van der Waals surface area contributed by atoms with Gasteiger partial charge in [0.1, 0.15) is 0 Å². The summed E-state index contributed by atoms with van der Waals surface area (Å²) in [6.45, 7) is 1.92. The fourth-order valence-electron chi connectivity index (χ4n) is 2.56. The maximum absolute atomic E-state index is 9.76. The highest BCUT2D eigenvalue weighted by Gasteiger charge is 2.33. The lowest BCUT2D eigenvalue weighted by Crippen LogP contribution is -2.54. The number of nitrogens with zero attached hydrogens (tertiary/aromatic N) is 1. The Kier molecular flexibility index (Phi) is 5.94. The summed E-state index contributed by atoms with van der Waals surface area (Å²) in [7, 11) is 0. The van der Waals surface area contributed by atoms with Gasteiger partial charge in [0.2, 0.25) is 0 Å². The molecule has 5 nitrogen and oxygen atoms in total. The zero-order valence-electron chi connectivity index (χ0n) is 11.6. The van der Waals surface area contributed by atoms with Crippen molar-refractivity contribution in [3.05, 3.63) is 35.9 Å². The van der Waals surface area contributed by atoms with Gasteiger partial charge in [-0.05, 0) is 12.0 Å². The van der Waals surface area contributed by atoms with E-state index in [4.69, 9.17) is 9.84 Å². The average Bonchev–Trinajstić information content (AvgIpc) is 2.45. The Labute approximate surface area is 119 Å². The smallest absolute Gasteiger partial charge is 0.0926 e. The third kappa shape index (κ3) is 4.26. The molecule has 3 unspecified atom stereocenters. The van der Waals surface area contributed by atoms with E-state index in [1.165, 1.54) is 0 Å². The van der Waals surface area contributed by atoms with Crippen molar-refractivity contribution in [2.24, 2.45) is 0 Å². The maximum Gasteiger partial charge on any atom is 0.0926 e. The summed E-state index contributed by atoms with van der Waals surface area (Å²) < 4.78 is 5.70. The van der Waals surface area contributed by atoms with Gasteiger partial charge >= 0.3 is 0 Å². The van der Waals surface area contributed by atoms with Crippen molar-refractivity contribution >= 4 is 0 Å². The van der Waals surface area contributed by atoms with E-state index in [0.717, 1.165) is 5.56 Å². The van der Waals surface area contributed by atoms with E-state index in [-0.39, 0.29) is 12.6 Å². The van der Waals surface area contributed by atoms with Crippen molar-refractivity contribution in [1.82, 2.24) is 4.90 Å². The summed E-state index contributed by atoms with van der Waals surface area (Å²) in [4.78, 5) is 1.97. The Bertz CT molecular complexity index is 387. The zero-order chi connectivity index (χ0) is 14.4. The third-order valence-corrected chi connectivity index (χ3v) is 3.70. The van der Waals surface area contributed by atoms with Crippen molar-refractivity contribution in [3.63, 3.8) is 0 Å². The number of likely N-dealkylation sites (tertiary alicyclic amines) is 1. The Morgan fingerprint density at radius 1 is 1.15 bits per heavy atom. The van der Waals surface area contributed by atoms with Gasteiger partial charge in [0, 0.05) is 19.1 Å². The van der Waals surface area contributed by atoms with E-state index in [0.29, 0.717) is 32.7 Å². The highest BCUT2D eigenvalue weighted by molar-refractivity contribution is 5.13. The molecule has 1 aromatic carbocycles. The number of piperidine rings is 1. The number of hydrogen-bond acceptors (Lipinski definition) is 5. The molecule has 1 aromatic rings. The molecule has 1 aliphatic heterocycles. The second-order valence-electron chi connectivity index (χ2n) is 5.24. The highest BCUT2D eigenvalue weighted by atomic mass is 16.5. The first-order valence-corrected chi connectivity index (χ1v) is 7.03. The van der Waals surface area contributed by atoms with Gasteiger partial charge in [0.15, 0.2) is 0 Å². The molecular weight excluding hydrogens is 258 g/mol. The number of benzene rings is 1. The minimum Gasteiger partial charge on any atom is -0.395 e. The lowest BCUT2D eigenvalue weighted by molar-refractivity contribution is -0.0821. The normalized spacial score (nSPS) is 27.6. The van der Waals surface area contributed by atoms with Crippen molar-refractivity contribution < 1.29 is 20.1 Å². The Hall–Kier alpha value is -0.980. The third-order valence-electron chi connectivity index (χ3n) is 3.70. The molecule has 2 rings (SSSR count). The Morgan fingerprint density at radius 2 is 1.90 bits per heavy atom. The first-order valence-electron chi connectivity index (χ1n) is 7.03. The monoisotopic (exact) mass is 281 g/mol. The molecule has 1 saturated heterocycles. The maximum atomic E-state index is 9.76. The van der Waals surface area contributed by atoms with Crippen LogP contribution in [0.3, 0.4) is 0 Å². The van der Waals surface area contributed by atoms with Crippen LogP contribution >= 0.6 is 0 Å². The molecule has 5 heteroatoms. The fraction of sp³-hybridized carbons (Fsp3) is 0.600. The average molecular weight is 281 g/mol. The number of rotatable bonds is 6. The first kappa shape index (κ1) is 15.4. The van der Waals surface area contributed by atoms with Gasteiger partial charge in [-0.1, -0.05) is 30.3 Å². The molecule has 1 heterocycles. The summed E-state index contributed by atoms with van der Waals surface area (Å²) in [5.74, 6) is 0. The van der Waals surface area contributed by atoms with Crippen LogP contribution in [-0.2, 0) is 11.3 Å². The van der Waals surface area contributed by atoms with E-state index >= 15 is 0 Å². The van der Waals surface area contributed by atoms with Crippen molar-refractivity contribution in [3.8, 4) is 0 Å². The fourth-order valence-corrected chi connectivity index (χ4v) is 2.56. The number of aliphatic hydroxyl groups excluding tert-OH is 3. The number of β-amino-alcohol motifs (C(OH)–C–C–N with tert-alkyl or cyclic N) is 2. The topological polar surface area (TPSA) is 73.2 Å². The Balaban J connectivity index is 1.82. The van der Waals surface area contributed by atoms with Crippen LogP contribution in [0.1, 0.15) is 12.0 Å². The molecule has 0 amide bonds. The second kappa shape index (κ2) is 7.71. The van der Waals surface area contributed by atoms with Crippen molar-refractivity contribution in [2.45, 2.75) is 31.3 Å². The van der Waals surface area contributed by atoms with E-state index in [1.807, 2.05) is 35.2 Å². The summed E-state index contributed by atoms with van der Waals surface area (Å²) in [6, 6.07) is 9.94. The lowest BCUT2D eigenvalue weighted by atomic mass is 9.97. The molecule has 1 aliphatic rings. The first-order chi connectivity index (χ1) is 9.70. The standard InChI is InChI=1S/C15H23NO4/c17-7-6-16-9-15(19)14(18)8-13(16)11-20-10-12-4-2-1-3-5-12/h1-5,13-15,17-19H,6-11H2. The summed E-state index contributed by atoms with van der Waals surface area (Å²) in [6.07, 6.45) is -0.988. The Morgan fingerprint density at radius 3 is 2.60 bits per heavy atom. The lowest BCUT2D eigenvalue weighted by Gasteiger charge is -2.40. The van der Waals surface area contributed by atoms with Crippen LogP contribution in [0.2, 0.25) is 0 Å². The molecule has 0 aliphatic carbocycles. The molecule has 3 N–H and O–H groups in total. The van der Waals surface area contributed by atoms with Crippen LogP contribution in [0, 0.1) is 0 Å².